The summed E-state index contributed by atoms with van der Waals surface area (Å²) in [6.07, 6.45) is 3.35. The van der Waals surface area contributed by atoms with Crippen molar-refractivity contribution in [3.63, 3.8) is 0 Å². The van der Waals surface area contributed by atoms with Gasteiger partial charge in [-0.1, -0.05) is 12.2 Å². The fourth-order valence-corrected chi connectivity index (χ4v) is 1.13. The lowest BCUT2D eigenvalue weighted by Crippen LogP contribution is -2.35. The van der Waals surface area contributed by atoms with Gasteiger partial charge in [0.1, 0.15) is 6.10 Å². The highest BCUT2D eigenvalue weighted by Gasteiger charge is 2.19. The van der Waals surface area contributed by atoms with Gasteiger partial charge in [-0.2, -0.15) is 0 Å². The number of ether oxygens (including phenoxy) is 1. The van der Waals surface area contributed by atoms with Crippen molar-refractivity contribution in [3.8, 4) is 0 Å². The Kier molecular flexibility index (Phi) is 3.05. The summed E-state index contributed by atoms with van der Waals surface area (Å²) in [5.74, 6) is 0. The Morgan fingerprint density at radius 3 is 2.91 bits per heavy atom. The van der Waals surface area contributed by atoms with Crippen molar-refractivity contribution in [2.45, 2.75) is 12.2 Å². The van der Waals surface area contributed by atoms with Crippen molar-refractivity contribution in [1.29, 1.82) is 0 Å². The summed E-state index contributed by atoms with van der Waals surface area (Å²) in [7, 11) is 3.86. The minimum Gasteiger partial charge on any atom is -0.389 e. The summed E-state index contributed by atoms with van der Waals surface area (Å²) < 4.78 is 5.23. The highest BCUT2D eigenvalue weighted by molar-refractivity contribution is 4.99. The smallest absolute Gasteiger partial charge is 0.103 e. The normalized spacial score (nSPS) is 26.4. The summed E-state index contributed by atoms with van der Waals surface area (Å²) in [6, 6.07) is 0. The highest BCUT2D eigenvalue weighted by atomic mass is 16.5. The van der Waals surface area contributed by atoms with E-state index in [2.05, 4.69) is 0 Å². The molecule has 0 fully saturated rings. The lowest BCUT2D eigenvalue weighted by Gasteiger charge is -2.19. The summed E-state index contributed by atoms with van der Waals surface area (Å²) in [4.78, 5) is 1.94. The molecule has 0 aliphatic carbocycles. The largest absolute Gasteiger partial charge is 0.389 e. The van der Waals surface area contributed by atoms with E-state index in [0.29, 0.717) is 13.2 Å². The number of hydrogen-bond donors (Lipinski definition) is 1. The zero-order valence-corrected chi connectivity index (χ0v) is 7.03. The summed E-state index contributed by atoms with van der Waals surface area (Å²) in [6.45, 7) is 1.28. The molecule has 1 aliphatic heterocycles. The van der Waals surface area contributed by atoms with E-state index in [4.69, 9.17) is 4.74 Å². The molecular formula is C8H15NO2. The first-order valence-electron chi connectivity index (χ1n) is 3.81. The Morgan fingerprint density at radius 2 is 2.45 bits per heavy atom. The summed E-state index contributed by atoms with van der Waals surface area (Å²) in [5, 5.41) is 9.50. The monoisotopic (exact) mass is 157 g/mol. The molecule has 0 bridgehead atoms. The lowest BCUT2D eigenvalue weighted by atomic mass is 10.2. The molecule has 0 aromatic rings. The number of aliphatic hydroxyl groups is 1. The van der Waals surface area contributed by atoms with Gasteiger partial charge in [-0.3, -0.25) is 0 Å². The first kappa shape index (κ1) is 8.71. The summed E-state index contributed by atoms with van der Waals surface area (Å²) >= 11 is 0. The van der Waals surface area contributed by atoms with Crippen molar-refractivity contribution in [2.75, 3.05) is 27.2 Å². The lowest BCUT2D eigenvalue weighted by molar-refractivity contribution is 0.00165. The van der Waals surface area contributed by atoms with Crippen molar-refractivity contribution in [1.82, 2.24) is 4.90 Å². The van der Waals surface area contributed by atoms with Gasteiger partial charge < -0.3 is 14.7 Å². The van der Waals surface area contributed by atoms with Crippen LogP contribution in [0.4, 0.5) is 0 Å². The first-order chi connectivity index (χ1) is 5.20. The van der Waals surface area contributed by atoms with E-state index < -0.39 is 6.10 Å². The molecular weight excluding hydrogens is 142 g/mol. The predicted octanol–water partition coefficient (Wildman–Crippen LogP) is -0.136. The van der Waals surface area contributed by atoms with Gasteiger partial charge in [0.25, 0.3) is 0 Å². The van der Waals surface area contributed by atoms with Crippen LogP contribution in [-0.2, 0) is 4.74 Å². The fourth-order valence-electron chi connectivity index (χ4n) is 1.13. The van der Waals surface area contributed by atoms with E-state index in [1.54, 1.807) is 0 Å². The molecule has 1 heterocycles. The molecule has 3 nitrogen and oxygen atoms in total. The van der Waals surface area contributed by atoms with Gasteiger partial charge in [0.15, 0.2) is 0 Å². The Labute approximate surface area is 67.3 Å². The molecule has 64 valence electrons. The van der Waals surface area contributed by atoms with Crippen LogP contribution in [0.2, 0.25) is 0 Å². The first-order valence-corrected chi connectivity index (χ1v) is 3.81. The molecule has 0 aromatic carbocycles. The zero-order valence-electron chi connectivity index (χ0n) is 7.03. The van der Waals surface area contributed by atoms with E-state index in [1.807, 2.05) is 31.1 Å². The van der Waals surface area contributed by atoms with Gasteiger partial charge in [0.2, 0.25) is 0 Å². The molecule has 0 amide bonds. The van der Waals surface area contributed by atoms with E-state index in [1.165, 1.54) is 0 Å². The summed E-state index contributed by atoms with van der Waals surface area (Å²) in [5.41, 5.74) is 0. The van der Waals surface area contributed by atoms with Crippen molar-refractivity contribution >= 4 is 0 Å². The molecule has 0 spiro atoms. The Bertz CT molecular complexity index is 145. The average Bonchev–Trinajstić information content (AvgIpc) is 2.35. The minimum absolute atomic E-state index is 0.0996. The number of nitrogens with zero attached hydrogens (tertiary/aromatic N) is 1. The van der Waals surface area contributed by atoms with Crippen molar-refractivity contribution in [3.05, 3.63) is 12.2 Å². The Hall–Kier alpha value is -0.380. The molecule has 1 rings (SSSR count). The highest BCUT2D eigenvalue weighted by Crippen LogP contribution is 2.08. The molecule has 0 saturated heterocycles. The van der Waals surface area contributed by atoms with Crippen molar-refractivity contribution < 1.29 is 9.84 Å². The van der Waals surface area contributed by atoms with E-state index in [9.17, 15) is 5.11 Å². The maximum absolute atomic E-state index is 9.50. The van der Waals surface area contributed by atoms with Gasteiger partial charge in [-0.15, -0.1) is 0 Å². The van der Waals surface area contributed by atoms with Gasteiger partial charge in [-0.05, 0) is 14.1 Å². The predicted molar refractivity (Wildman–Crippen MR) is 43.4 cm³/mol. The second kappa shape index (κ2) is 3.85. The number of hydrogen-bond acceptors (Lipinski definition) is 3. The van der Waals surface area contributed by atoms with Gasteiger partial charge in [0.05, 0.1) is 12.7 Å². The minimum atomic E-state index is -0.399. The van der Waals surface area contributed by atoms with Crippen LogP contribution in [0, 0.1) is 0 Å². The molecule has 3 heteroatoms. The second-order valence-electron chi connectivity index (χ2n) is 3.06. The molecule has 0 saturated carbocycles. The Morgan fingerprint density at radius 1 is 1.73 bits per heavy atom. The van der Waals surface area contributed by atoms with Crippen LogP contribution in [0.25, 0.3) is 0 Å². The quantitative estimate of drug-likeness (QED) is 0.579. The van der Waals surface area contributed by atoms with Crippen molar-refractivity contribution in [2.24, 2.45) is 0 Å². The molecule has 0 radical (unpaired) electrons. The maximum atomic E-state index is 9.50. The molecule has 1 aliphatic rings. The van der Waals surface area contributed by atoms with Crippen LogP contribution in [0.5, 0.6) is 0 Å². The number of rotatable bonds is 3. The average molecular weight is 157 g/mol. The third kappa shape index (κ3) is 2.61. The van der Waals surface area contributed by atoms with E-state index >= 15 is 0 Å². The SMILES string of the molecule is CN(C)C[C@@H](O)[C@@H]1C=CCO1. The third-order valence-electron chi connectivity index (χ3n) is 1.64. The van der Waals surface area contributed by atoms with Crippen LogP contribution in [0.1, 0.15) is 0 Å². The van der Waals surface area contributed by atoms with Crippen LogP contribution in [0.3, 0.4) is 0 Å². The van der Waals surface area contributed by atoms with Gasteiger partial charge >= 0.3 is 0 Å². The van der Waals surface area contributed by atoms with Gasteiger partial charge in [0, 0.05) is 6.54 Å². The fraction of sp³-hybridized carbons (Fsp3) is 0.750. The standard InChI is InChI=1S/C8H15NO2/c1-9(2)6-7(10)8-4-3-5-11-8/h3-4,7-8,10H,5-6H2,1-2H3/t7-,8+/m1/s1. The Balaban J connectivity index is 2.28. The zero-order chi connectivity index (χ0) is 8.27. The third-order valence-corrected chi connectivity index (χ3v) is 1.64. The van der Waals surface area contributed by atoms with Crippen LogP contribution < -0.4 is 0 Å². The molecule has 0 aromatic heterocycles. The van der Waals surface area contributed by atoms with Crippen LogP contribution in [0.15, 0.2) is 12.2 Å². The molecule has 2 atom stereocenters. The topological polar surface area (TPSA) is 32.7 Å². The number of likely N-dealkylation sites (N-methyl/N-ethyl adjacent to an activating group) is 1. The second-order valence-corrected chi connectivity index (χ2v) is 3.06. The number of aliphatic hydroxyl groups excluding tert-OH is 1. The van der Waals surface area contributed by atoms with Crippen LogP contribution >= 0.6 is 0 Å². The van der Waals surface area contributed by atoms with Gasteiger partial charge in [-0.25, -0.2) is 0 Å². The van der Waals surface area contributed by atoms with E-state index in [0.717, 1.165) is 0 Å². The molecule has 1 N–H and O–H groups in total. The molecule has 11 heavy (non-hydrogen) atoms. The molecule has 0 unspecified atom stereocenters. The van der Waals surface area contributed by atoms with Crippen LogP contribution in [-0.4, -0.2) is 49.5 Å². The maximum Gasteiger partial charge on any atom is 0.103 e. The van der Waals surface area contributed by atoms with E-state index in [-0.39, 0.29) is 6.10 Å².